The highest BCUT2D eigenvalue weighted by molar-refractivity contribution is 6.04. The first kappa shape index (κ1) is 14.1. The second-order valence-corrected chi connectivity index (χ2v) is 4.59. The van der Waals surface area contributed by atoms with Gasteiger partial charge in [-0.05, 0) is 38.5 Å². The van der Waals surface area contributed by atoms with Gasteiger partial charge in [0.1, 0.15) is 0 Å². The van der Waals surface area contributed by atoms with Gasteiger partial charge in [-0.2, -0.15) is 0 Å². The molecule has 0 fully saturated rings. The smallest absolute Gasteiger partial charge is 0.257 e. The Morgan fingerprint density at radius 2 is 2.05 bits per heavy atom. The molecule has 0 aliphatic rings. The number of benzene rings is 1. The van der Waals surface area contributed by atoms with Gasteiger partial charge < -0.3 is 10.1 Å². The standard InChI is InChI=1S/C16H18N2O2/c1-4-20-15-8-6-13(10-17-15)16(19)18-14-7-5-11(2)9-12(14)3/h5-10H,4H2,1-3H3,(H,18,19). The molecule has 104 valence electrons. The number of pyridine rings is 1. The Hall–Kier alpha value is -2.36. The SMILES string of the molecule is CCOc1ccc(C(=O)Nc2ccc(C)cc2C)cn1. The first-order valence-corrected chi connectivity index (χ1v) is 6.57. The minimum Gasteiger partial charge on any atom is -0.478 e. The summed E-state index contributed by atoms with van der Waals surface area (Å²) in [6.07, 6.45) is 1.52. The Morgan fingerprint density at radius 3 is 2.65 bits per heavy atom. The van der Waals surface area contributed by atoms with E-state index in [9.17, 15) is 4.79 Å². The van der Waals surface area contributed by atoms with Gasteiger partial charge in [-0.3, -0.25) is 4.79 Å². The van der Waals surface area contributed by atoms with Crippen LogP contribution in [-0.2, 0) is 0 Å². The number of nitrogens with one attached hydrogen (secondary N) is 1. The molecule has 1 amide bonds. The van der Waals surface area contributed by atoms with Crippen LogP contribution in [0.4, 0.5) is 5.69 Å². The third-order valence-corrected chi connectivity index (χ3v) is 2.92. The normalized spacial score (nSPS) is 10.2. The molecule has 0 saturated heterocycles. The van der Waals surface area contributed by atoms with Crippen LogP contribution in [0.25, 0.3) is 0 Å². The van der Waals surface area contributed by atoms with Crippen LogP contribution in [0.3, 0.4) is 0 Å². The van der Waals surface area contributed by atoms with Crippen molar-refractivity contribution in [1.82, 2.24) is 4.98 Å². The number of aryl methyl sites for hydroxylation is 2. The molecule has 0 saturated carbocycles. The van der Waals surface area contributed by atoms with Gasteiger partial charge in [-0.1, -0.05) is 17.7 Å². The lowest BCUT2D eigenvalue weighted by molar-refractivity contribution is 0.102. The number of hydrogen-bond donors (Lipinski definition) is 1. The van der Waals surface area contributed by atoms with Crippen molar-refractivity contribution >= 4 is 11.6 Å². The van der Waals surface area contributed by atoms with Gasteiger partial charge in [0.25, 0.3) is 5.91 Å². The number of amides is 1. The van der Waals surface area contributed by atoms with Crippen LogP contribution >= 0.6 is 0 Å². The molecule has 1 aromatic carbocycles. The maximum absolute atomic E-state index is 12.1. The van der Waals surface area contributed by atoms with E-state index in [2.05, 4.69) is 10.3 Å². The molecule has 1 N–H and O–H groups in total. The van der Waals surface area contributed by atoms with E-state index in [1.165, 1.54) is 11.8 Å². The molecular formula is C16H18N2O2. The summed E-state index contributed by atoms with van der Waals surface area (Å²) in [5.74, 6) is 0.350. The monoisotopic (exact) mass is 270 g/mol. The number of aromatic nitrogens is 1. The van der Waals surface area contributed by atoms with Gasteiger partial charge in [0.05, 0.1) is 12.2 Å². The molecule has 2 aromatic rings. The van der Waals surface area contributed by atoms with Crippen LogP contribution in [0.15, 0.2) is 36.5 Å². The fourth-order valence-corrected chi connectivity index (χ4v) is 1.90. The zero-order valence-electron chi connectivity index (χ0n) is 11.9. The van der Waals surface area contributed by atoms with Gasteiger partial charge in [0, 0.05) is 18.0 Å². The van der Waals surface area contributed by atoms with E-state index < -0.39 is 0 Å². The van der Waals surface area contributed by atoms with Crippen molar-refractivity contribution in [2.75, 3.05) is 11.9 Å². The fourth-order valence-electron chi connectivity index (χ4n) is 1.90. The molecule has 0 atom stereocenters. The number of anilines is 1. The summed E-state index contributed by atoms with van der Waals surface area (Å²) in [6, 6.07) is 9.31. The van der Waals surface area contributed by atoms with Gasteiger partial charge in [0.15, 0.2) is 0 Å². The summed E-state index contributed by atoms with van der Waals surface area (Å²) in [5, 5.41) is 2.89. The average molecular weight is 270 g/mol. The molecule has 0 unspecified atom stereocenters. The molecule has 20 heavy (non-hydrogen) atoms. The summed E-state index contributed by atoms with van der Waals surface area (Å²) in [6.45, 7) is 6.44. The van der Waals surface area contributed by atoms with Gasteiger partial charge in [-0.15, -0.1) is 0 Å². The summed E-state index contributed by atoms with van der Waals surface area (Å²) in [4.78, 5) is 16.2. The average Bonchev–Trinajstić information content (AvgIpc) is 2.43. The van der Waals surface area contributed by atoms with E-state index in [4.69, 9.17) is 4.74 Å². The lowest BCUT2D eigenvalue weighted by Crippen LogP contribution is -2.13. The maximum atomic E-state index is 12.1. The molecule has 4 heteroatoms. The van der Waals surface area contributed by atoms with Gasteiger partial charge in [0.2, 0.25) is 5.88 Å². The zero-order chi connectivity index (χ0) is 14.5. The van der Waals surface area contributed by atoms with Crippen molar-refractivity contribution in [1.29, 1.82) is 0 Å². The van der Waals surface area contributed by atoms with E-state index in [0.717, 1.165) is 11.3 Å². The van der Waals surface area contributed by atoms with Crippen molar-refractivity contribution < 1.29 is 9.53 Å². The number of hydrogen-bond acceptors (Lipinski definition) is 3. The Bertz CT molecular complexity index is 606. The van der Waals surface area contributed by atoms with Crippen molar-refractivity contribution in [2.45, 2.75) is 20.8 Å². The lowest BCUT2D eigenvalue weighted by Gasteiger charge is -2.09. The van der Waals surface area contributed by atoms with E-state index in [0.29, 0.717) is 18.1 Å². The second-order valence-electron chi connectivity index (χ2n) is 4.59. The number of ether oxygens (including phenoxy) is 1. The highest BCUT2D eigenvalue weighted by Gasteiger charge is 2.08. The Kier molecular flexibility index (Phi) is 4.35. The van der Waals surface area contributed by atoms with Crippen molar-refractivity contribution in [3.63, 3.8) is 0 Å². The van der Waals surface area contributed by atoms with Crippen LogP contribution in [0.5, 0.6) is 5.88 Å². The highest BCUT2D eigenvalue weighted by atomic mass is 16.5. The number of carbonyl (C=O) groups excluding carboxylic acids is 1. The quantitative estimate of drug-likeness (QED) is 0.927. The third-order valence-electron chi connectivity index (χ3n) is 2.92. The molecular weight excluding hydrogens is 252 g/mol. The number of nitrogens with zero attached hydrogens (tertiary/aromatic N) is 1. The molecule has 2 rings (SSSR count). The van der Waals surface area contributed by atoms with Crippen LogP contribution in [0, 0.1) is 13.8 Å². The van der Waals surface area contributed by atoms with E-state index in [-0.39, 0.29) is 5.91 Å². The van der Waals surface area contributed by atoms with Crippen LogP contribution in [0.1, 0.15) is 28.4 Å². The lowest BCUT2D eigenvalue weighted by atomic mass is 10.1. The predicted molar refractivity (Wildman–Crippen MR) is 79.3 cm³/mol. The summed E-state index contributed by atoms with van der Waals surface area (Å²) in [5.41, 5.74) is 3.53. The molecule has 1 heterocycles. The molecule has 0 bridgehead atoms. The fraction of sp³-hybridized carbons (Fsp3) is 0.250. The Morgan fingerprint density at radius 1 is 1.25 bits per heavy atom. The van der Waals surface area contributed by atoms with Crippen LogP contribution in [-0.4, -0.2) is 17.5 Å². The zero-order valence-corrected chi connectivity index (χ0v) is 11.9. The molecule has 0 spiro atoms. The van der Waals surface area contributed by atoms with Crippen molar-refractivity contribution in [3.05, 3.63) is 53.2 Å². The van der Waals surface area contributed by atoms with E-state index >= 15 is 0 Å². The largest absolute Gasteiger partial charge is 0.478 e. The molecule has 0 radical (unpaired) electrons. The second kappa shape index (κ2) is 6.19. The molecule has 4 nitrogen and oxygen atoms in total. The van der Waals surface area contributed by atoms with Crippen molar-refractivity contribution in [3.8, 4) is 5.88 Å². The minimum absolute atomic E-state index is 0.174. The molecule has 0 aliphatic heterocycles. The minimum atomic E-state index is -0.174. The maximum Gasteiger partial charge on any atom is 0.257 e. The first-order valence-electron chi connectivity index (χ1n) is 6.57. The highest BCUT2D eigenvalue weighted by Crippen LogP contribution is 2.17. The summed E-state index contributed by atoms with van der Waals surface area (Å²) >= 11 is 0. The first-order chi connectivity index (χ1) is 9.60. The Balaban J connectivity index is 2.11. The molecule has 0 aliphatic carbocycles. The summed E-state index contributed by atoms with van der Waals surface area (Å²) in [7, 11) is 0. The van der Waals surface area contributed by atoms with Crippen LogP contribution in [0.2, 0.25) is 0 Å². The van der Waals surface area contributed by atoms with E-state index in [1.54, 1.807) is 12.1 Å². The van der Waals surface area contributed by atoms with Crippen molar-refractivity contribution in [2.24, 2.45) is 0 Å². The molecule has 1 aromatic heterocycles. The third kappa shape index (κ3) is 3.35. The number of carbonyl (C=O) groups is 1. The summed E-state index contributed by atoms with van der Waals surface area (Å²) < 4.78 is 5.25. The Labute approximate surface area is 118 Å². The van der Waals surface area contributed by atoms with Crippen LogP contribution < -0.4 is 10.1 Å². The van der Waals surface area contributed by atoms with E-state index in [1.807, 2.05) is 39.0 Å². The topological polar surface area (TPSA) is 51.2 Å². The predicted octanol–water partition coefficient (Wildman–Crippen LogP) is 3.35. The number of rotatable bonds is 4. The van der Waals surface area contributed by atoms with Gasteiger partial charge in [-0.25, -0.2) is 4.98 Å². The van der Waals surface area contributed by atoms with Gasteiger partial charge >= 0.3 is 0 Å².